The molecular formula is C24H38N2O. The molecule has 150 valence electrons. The number of carbonyl (C=O) groups excluding carboxylic acids is 1. The summed E-state index contributed by atoms with van der Waals surface area (Å²) in [5.74, 6) is 0. The minimum atomic E-state index is 0.314. The molecule has 0 spiro atoms. The van der Waals surface area contributed by atoms with Crippen LogP contribution in [-0.4, -0.2) is 49.3 Å². The first-order valence-electron chi connectivity index (χ1n) is 10.7. The van der Waals surface area contributed by atoms with Gasteiger partial charge in [0.1, 0.15) is 6.29 Å². The van der Waals surface area contributed by atoms with Crippen LogP contribution in [0, 0.1) is 0 Å². The largest absolute Gasteiger partial charge is 0.309 e. The molecule has 2 rings (SSSR count). The molecule has 1 aliphatic heterocycles. The maximum atomic E-state index is 10.7. The van der Waals surface area contributed by atoms with E-state index in [1.165, 1.54) is 61.8 Å². The van der Waals surface area contributed by atoms with Crippen LogP contribution in [0.15, 0.2) is 30.9 Å². The Balaban J connectivity index is 1.79. The van der Waals surface area contributed by atoms with Gasteiger partial charge in [-0.2, -0.15) is 0 Å². The third-order valence-electron chi connectivity index (χ3n) is 5.70. The number of unbranched alkanes of at least 4 members (excludes halogenated alkanes) is 4. The van der Waals surface area contributed by atoms with Crippen molar-refractivity contribution >= 4 is 6.29 Å². The highest BCUT2D eigenvalue weighted by Gasteiger charge is 2.21. The van der Waals surface area contributed by atoms with Gasteiger partial charge in [-0.1, -0.05) is 43.5 Å². The molecule has 0 aliphatic carbocycles. The van der Waals surface area contributed by atoms with Gasteiger partial charge < -0.3 is 9.69 Å². The standard InChI is InChI=1S/C24H38N2O/c1-4-24(12-10-18-27)26-17-15-22-14-13-21(19-23(22)20-26)11-8-6-5-7-9-16-25(2)3/h4,13-14,18-19,24H,1,5-12,15-17,20H2,2-3H3. The maximum absolute atomic E-state index is 10.7. The van der Waals surface area contributed by atoms with E-state index in [4.69, 9.17) is 0 Å². The van der Waals surface area contributed by atoms with Crippen molar-refractivity contribution in [2.75, 3.05) is 27.2 Å². The highest BCUT2D eigenvalue weighted by Crippen LogP contribution is 2.24. The Morgan fingerprint density at radius 3 is 2.67 bits per heavy atom. The first-order chi connectivity index (χ1) is 13.1. The lowest BCUT2D eigenvalue weighted by atomic mass is 9.94. The lowest BCUT2D eigenvalue weighted by Gasteiger charge is -2.34. The Bertz CT molecular complexity index is 582. The zero-order valence-electron chi connectivity index (χ0n) is 17.5. The smallest absolute Gasteiger partial charge is 0.120 e. The van der Waals surface area contributed by atoms with Crippen molar-refractivity contribution in [2.45, 2.75) is 70.4 Å². The summed E-state index contributed by atoms with van der Waals surface area (Å²) in [5, 5.41) is 0. The molecule has 0 aromatic heterocycles. The Morgan fingerprint density at radius 2 is 1.93 bits per heavy atom. The van der Waals surface area contributed by atoms with Crippen molar-refractivity contribution in [3.05, 3.63) is 47.5 Å². The second kappa shape index (κ2) is 12.1. The molecule has 0 N–H and O–H groups in total. The fourth-order valence-corrected chi connectivity index (χ4v) is 4.05. The summed E-state index contributed by atoms with van der Waals surface area (Å²) in [6.45, 7) is 7.24. The summed E-state index contributed by atoms with van der Waals surface area (Å²) >= 11 is 0. The SMILES string of the molecule is C=CC(CCC=O)N1CCc2ccc(CCCCCCCN(C)C)cc2C1. The highest BCUT2D eigenvalue weighted by atomic mass is 16.1. The van der Waals surface area contributed by atoms with Crippen molar-refractivity contribution in [3.63, 3.8) is 0 Å². The number of hydrogen-bond acceptors (Lipinski definition) is 3. The predicted molar refractivity (Wildman–Crippen MR) is 115 cm³/mol. The molecule has 1 aromatic carbocycles. The quantitative estimate of drug-likeness (QED) is 0.287. The van der Waals surface area contributed by atoms with Gasteiger partial charge in [-0.15, -0.1) is 6.58 Å². The molecule has 0 bridgehead atoms. The topological polar surface area (TPSA) is 23.6 Å². The van der Waals surface area contributed by atoms with Gasteiger partial charge in [-0.05, 0) is 69.4 Å². The predicted octanol–water partition coefficient (Wildman–Crippen LogP) is 4.63. The van der Waals surface area contributed by atoms with Crippen LogP contribution in [0.4, 0.5) is 0 Å². The molecule has 0 amide bonds. The number of aryl methyl sites for hydroxylation is 1. The maximum Gasteiger partial charge on any atom is 0.120 e. The van der Waals surface area contributed by atoms with E-state index in [2.05, 4.69) is 48.7 Å². The average Bonchev–Trinajstić information content (AvgIpc) is 2.67. The van der Waals surface area contributed by atoms with Gasteiger partial charge in [0.05, 0.1) is 0 Å². The fourth-order valence-electron chi connectivity index (χ4n) is 4.05. The van der Waals surface area contributed by atoms with Gasteiger partial charge in [-0.3, -0.25) is 4.90 Å². The second-order valence-corrected chi connectivity index (χ2v) is 8.19. The molecule has 0 saturated heterocycles. The number of hydrogen-bond donors (Lipinski definition) is 0. The van der Waals surface area contributed by atoms with Crippen LogP contribution in [0.2, 0.25) is 0 Å². The second-order valence-electron chi connectivity index (χ2n) is 8.19. The summed E-state index contributed by atoms with van der Waals surface area (Å²) in [6, 6.07) is 7.41. The monoisotopic (exact) mass is 370 g/mol. The Kier molecular flexibility index (Phi) is 9.79. The van der Waals surface area contributed by atoms with Crippen LogP contribution in [-0.2, 0) is 24.2 Å². The average molecular weight is 371 g/mol. The van der Waals surface area contributed by atoms with E-state index in [0.717, 1.165) is 32.2 Å². The van der Waals surface area contributed by atoms with E-state index >= 15 is 0 Å². The molecular weight excluding hydrogens is 332 g/mol. The van der Waals surface area contributed by atoms with Crippen molar-refractivity contribution in [1.82, 2.24) is 9.80 Å². The number of rotatable bonds is 13. The molecule has 1 aromatic rings. The molecule has 3 heteroatoms. The van der Waals surface area contributed by atoms with E-state index in [9.17, 15) is 4.79 Å². The van der Waals surface area contributed by atoms with E-state index in [-0.39, 0.29) is 0 Å². The van der Waals surface area contributed by atoms with E-state index in [0.29, 0.717) is 12.5 Å². The van der Waals surface area contributed by atoms with Crippen LogP contribution < -0.4 is 0 Å². The normalized spacial score (nSPS) is 15.5. The van der Waals surface area contributed by atoms with Gasteiger partial charge in [-0.25, -0.2) is 0 Å². The van der Waals surface area contributed by atoms with Crippen molar-refractivity contribution < 1.29 is 4.79 Å². The minimum Gasteiger partial charge on any atom is -0.309 e. The molecule has 1 heterocycles. The molecule has 0 saturated carbocycles. The Labute approximate surface area is 166 Å². The lowest BCUT2D eigenvalue weighted by molar-refractivity contribution is -0.108. The van der Waals surface area contributed by atoms with E-state index < -0.39 is 0 Å². The fraction of sp³-hybridized carbons (Fsp3) is 0.625. The van der Waals surface area contributed by atoms with Gasteiger partial charge in [0.25, 0.3) is 0 Å². The molecule has 27 heavy (non-hydrogen) atoms. The summed E-state index contributed by atoms with van der Waals surface area (Å²) in [4.78, 5) is 15.5. The van der Waals surface area contributed by atoms with Crippen LogP contribution in [0.5, 0.6) is 0 Å². The van der Waals surface area contributed by atoms with Gasteiger partial charge in [0.15, 0.2) is 0 Å². The molecule has 1 atom stereocenters. The van der Waals surface area contributed by atoms with Gasteiger partial charge >= 0.3 is 0 Å². The van der Waals surface area contributed by atoms with Gasteiger partial charge in [0, 0.05) is 25.6 Å². The van der Waals surface area contributed by atoms with Crippen LogP contribution >= 0.6 is 0 Å². The van der Waals surface area contributed by atoms with E-state index in [1.54, 1.807) is 0 Å². The first kappa shape index (κ1) is 21.8. The number of carbonyl (C=O) groups is 1. The van der Waals surface area contributed by atoms with Crippen LogP contribution in [0.3, 0.4) is 0 Å². The van der Waals surface area contributed by atoms with Crippen LogP contribution in [0.1, 0.15) is 61.6 Å². The lowest BCUT2D eigenvalue weighted by Crippen LogP contribution is -2.38. The zero-order valence-corrected chi connectivity index (χ0v) is 17.5. The number of aldehydes is 1. The molecule has 1 aliphatic rings. The molecule has 0 radical (unpaired) electrons. The summed E-state index contributed by atoms with van der Waals surface area (Å²) in [6.07, 6.45) is 13.5. The minimum absolute atomic E-state index is 0.314. The number of benzene rings is 1. The van der Waals surface area contributed by atoms with E-state index in [1.807, 2.05) is 6.08 Å². The molecule has 1 unspecified atom stereocenters. The number of fused-ring (bicyclic) bond motifs is 1. The molecule has 0 fully saturated rings. The van der Waals surface area contributed by atoms with Crippen molar-refractivity contribution in [3.8, 4) is 0 Å². The first-order valence-corrected chi connectivity index (χ1v) is 10.7. The summed E-state index contributed by atoms with van der Waals surface area (Å²) < 4.78 is 0. The van der Waals surface area contributed by atoms with Crippen LogP contribution in [0.25, 0.3) is 0 Å². The highest BCUT2D eigenvalue weighted by molar-refractivity contribution is 5.49. The number of nitrogens with zero attached hydrogens (tertiary/aromatic N) is 2. The Morgan fingerprint density at radius 1 is 1.15 bits per heavy atom. The third-order valence-corrected chi connectivity index (χ3v) is 5.70. The summed E-state index contributed by atoms with van der Waals surface area (Å²) in [5.41, 5.74) is 4.45. The van der Waals surface area contributed by atoms with Gasteiger partial charge in [0.2, 0.25) is 0 Å². The van der Waals surface area contributed by atoms with Crippen molar-refractivity contribution in [2.24, 2.45) is 0 Å². The third kappa shape index (κ3) is 7.59. The Hall–Kier alpha value is -1.45. The van der Waals surface area contributed by atoms with Crippen molar-refractivity contribution in [1.29, 1.82) is 0 Å². The molecule has 3 nitrogen and oxygen atoms in total. The zero-order chi connectivity index (χ0) is 19.5. The summed E-state index contributed by atoms with van der Waals surface area (Å²) in [7, 11) is 4.30.